The van der Waals surface area contributed by atoms with Crippen LogP contribution >= 0.6 is 15.6 Å². The van der Waals surface area contributed by atoms with Gasteiger partial charge in [-0.3, -0.25) is 0 Å². The summed E-state index contributed by atoms with van der Waals surface area (Å²) in [6, 6.07) is 0. The average Bonchev–Trinajstić information content (AvgIpc) is 1.12. The third-order valence-electron chi connectivity index (χ3n) is 0. The second-order valence-electron chi connectivity index (χ2n) is 1.03. The Morgan fingerprint density at radius 2 is 0.320 bits per heavy atom. The summed E-state index contributed by atoms with van der Waals surface area (Å²) < 4.78 is 17.8. The van der Waals surface area contributed by atoms with Gasteiger partial charge in [-0.15, -0.1) is 0 Å². The fourth-order valence-electron chi connectivity index (χ4n) is 0. The maximum atomic E-state index is 8.88. The molecule has 0 aliphatic rings. The molecule has 0 aromatic carbocycles. The zero-order chi connectivity index (χ0) is 9.00. The summed E-state index contributed by atoms with van der Waals surface area (Å²) in [5.41, 5.74) is 0. The van der Waals surface area contributed by atoms with E-state index in [0.29, 0.717) is 0 Å². The molecule has 0 spiro atoms. The van der Waals surface area contributed by atoms with Gasteiger partial charge in [0.05, 0.1) is 0 Å². The van der Waals surface area contributed by atoms with Crippen molar-refractivity contribution in [1.82, 2.24) is 0 Å². The Morgan fingerprint density at radius 1 is 0.320 bits per heavy atom. The predicted octanol–water partition coefficient (Wildman–Crippen LogP) is -14.1. The van der Waals surface area contributed by atoms with E-state index < -0.39 is 15.6 Å². The van der Waals surface area contributed by atoms with Gasteiger partial charge in [-0.2, -0.15) is 0 Å². The van der Waals surface area contributed by atoms with Gasteiger partial charge >= 0.3 is 45.2 Å². The third kappa shape index (κ3) is 29100. The summed E-state index contributed by atoms with van der Waals surface area (Å²) in [4.78, 5) is 43.1. The second kappa shape index (κ2) is 86.1. The molecule has 0 aliphatic carbocycles. The molecular weight excluding hydrogens is 437 g/mol. The van der Waals surface area contributed by atoms with Gasteiger partial charge in [0.2, 0.25) is 0 Å². The van der Waals surface area contributed by atoms with Gasteiger partial charge in [0, 0.05) is 0 Å². The fourth-order valence-corrected chi connectivity index (χ4v) is 0. The van der Waals surface area contributed by atoms with Gasteiger partial charge in [-0.25, -0.2) is 9.13 Å². The van der Waals surface area contributed by atoms with Crippen LogP contribution in [0.25, 0.3) is 0 Å². The molecule has 0 atom stereocenters. The first kappa shape index (κ1) is 208. The molecular formula is H35NaO22P2. The van der Waals surface area contributed by atoms with E-state index in [4.69, 9.17) is 38.5 Å². The van der Waals surface area contributed by atoms with Crippen LogP contribution < -0.4 is 0 Å². The number of hydrogen-bond donors (Lipinski definition) is 6. The molecule has 178 valence electrons. The van der Waals surface area contributed by atoms with Crippen LogP contribution in [0.15, 0.2) is 0 Å². The van der Waals surface area contributed by atoms with Crippen molar-refractivity contribution >= 4 is 45.2 Å². The van der Waals surface area contributed by atoms with Crippen molar-refractivity contribution in [2.45, 2.75) is 0 Å². The summed E-state index contributed by atoms with van der Waals surface area (Å²) in [5, 5.41) is 0. The normalized spacial score (nSPS) is 4.72. The van der Waals surface area contributed by atoms with Crippen molar-refractivity contribution in [2.75, 3.05) is 0 Å². The molecule has 0 radical (unpaired) electrons. The molecule has 0 aromatic rings. The molecule has 0 heterocycles. The first-order chi connectivity index (χ1) is 4.00. The maximum absolute atomic E-state index is 8.88. The topological polar surface area (TPSA) is 597 Å². The molecule has 25 heavy (non-hydrogen) atoms. The van der Waals surface area contributed by atoms with E-state index in [2.05, 4.69) is 0 Å². The van der Waals surface area contributed by atoms with Crippen molar-refractivity contribution in [1.29, 1.82) is 0 Å². The molecule has 34 N–H and O–H groups in total. The molecule has 0 aromatic heterocycles. The Kier molecular flexibility index (Phi) is 717. The monoisotopic (exact) mass is 472 g/mol. The van der Waals surface area contributed by atoms with Crippen LogP contribution in [0.5, 0.6) is 0 Å². The minimum atomic E-state index is -4.64. The van der Waals surface area contributed by atoms with Crippen molar-refractivity contribution in [3.8, 4) is 0 Å². The molecule has 0 amide bonds. The molecule has 22 nitrogen and oxygen atoms in total. The van der Waals surface area contributed by atoms with Gasteiger partial charge < -0.3 is 106 Å². The van der Waals surface area contributed by atoms with Crippen LogP contribution in [0, 0.1) is 0 Å². The van der Waals surface area contributed by atoms with Crippen LogP contribution in [-0.2, 0) is 9.13 Å². The fraction of sp³-hybridized carbons (Fsp3) is 0. The van der Waals surface area contributed by atoms with Gasteiger partial charge in [0.15, 0.2) is 0 Å². The van der Waals surface area contributed by atoms with E-state index in [1.807, 2.05) is 0 Å². The first-order valence-corrected chi connectivity index (χ1v) is 4.70. The van der Waals surface area contributed by atoms with E-state index in [-0.39, 0.29) is 106 Å². The minimum absolute atomic E-state index is 0. The van der Waals surface area contributed by atoms with E-state index in [1.54, 1.807) is 0 Å². The second-order valence-corrected chi connectivity index (χ2v) is 3.08. The Bertz CT molecular complexity index is 128. The Morgan fingerprint density at radius 3 is 0.320 bits per heavy atom. The molecule has 0 bridgehead atoms. The van der Waals surface area contributed by atoms with Crippen LogP contribution in [-0.4, -0.2) is 136 Å². The van der Waals surface area contributed by atoms with E-state index in [0.717, 1.165) is 0 Å². The van der Waals surface area contributed by atoms with Crippen molar-refractivity contribution < 1.29 is 115 Å². The van der Waals surface area contributed by atoms with Crippen molar-refractivity contribution in [2.24, 2.45) is 0 Å². The van der Waals surface area contributed by atoms with Crippen molar-refractivity contribution in [3.05, 3.63) is 0 Å². The zero-order valence-corrected chi connectivity index (χ0v) is 13.2. The molecule has 0 saturated heterocycles. The van der Waals surface area contributed by atoms with Crippen LogP contribution in [0.2, 0.25) is 0 Å². The van der Waals surface area contributed by atoms with Gasteiger partial charge in [0.25, 0.3) is 0 Å². The van der Waals surface area contributed by atoms with Crippen LogP contribution in [0.1, 0.15) is 0 Å². The molecule has 25 heteroatoms. The first-order valence-electron chi connectivity index (χ1n) is 1.57. The molecule has 0 aliphatic heterocycles. The predicted molar refractivity (Wildman–Crippen MR) is 86.3 cm³/mol. The Hall–Kier alpha value is 0.660. The van der Waals surface area contributed by atoms with E-state index in [9.17, 15) is 0 Å². The molecule has 0 unspecified atom stereocenters. The third-order valence-corrected chi connectivity index (χ3v) is 0. The molecule has 0 saturated carbocycles. The molecule has 0 rings (SSSR count). The van der Waals surface area contributed by atoms with Crippen LogP contribution in [0.4, 0.5) is 0 Å². The van der Waals surface area contributed by atoms with E-state index >= 15 is 0 Å². The number of rotatable bonds is 0. The van der Waals surface area contributed by atoms with E-state index in [1.165, 1.54) is 0 Å². The Balaban J connectivity index is -0.00000000213. The molecule has 0 fully saturated rings. The SMILES string of the molecule is O.O.O.O.O.O.O.O.O.O.O.O.O.O.O=P(O)(O)O.O=P(O)(O)O.[NaH]. The quantitative estimate of drug-likeness (QED) is 0.145. The van der Waals surface area contributed by atoms with Gasteiger partial charge in [-0.05, 0) is 0 Å². The summed E-state index contributed by atoms with van der Waals surface area (Å²) in [6.07, 6.45) is 0. The van der Waals surface area contributed by atoms with Crippen LogP contribution in [0.3, 0.4) is 0 Å². The van der Waals surface area contributed by atoms with Gasteiger partial charge in [-0.1, -0.05) is 0 Å². The average molecular weight is 472 g/mol. The summed E-state index contributed by atoms with van der Waals surface area (Å²) in [6.45, 7) is 0. The summed E-state index contributed by atoms with van der Waals surface area (Å²) in [7, 11) is -9.28. The number of hydrogen-bond acceptors (Lipinski definition) is 2. The standard InChI is InChI=1S/Na.2H3O4P.14H2O.H/c;2*1-5(2,3)4;;;;;;;;;;;;;;;/h;2*(H3,1,2,3,4);14*1H2;. The van der Waals surface area contributed by atoms with Crippen molar-refractivity contribution in [3.63, 3.8) is 0 Å². The Labute approximate surface area is 160 Å². The zero-order valence-electron chi connectivity index (χ0n) is 11.4. The summed E-state index contributed by atoms with van der Waals surface area (Å²) in [5.74, 6) is 0. The van der Waals surface area contributed by atoms with Gasteiger partial charge in [0.1, 0.15) is 0 Å². The summed E-state index contributed by atoms with van der Waals surface area (Å²) >= 11 is 0. The number of phosphoric acid groups is 2.